The minimum atomic E-state index is -0.528. The van der Waals surface area contributed by atoms with E-state index in [0.717, 1.165) is 19.3 Å². The van der Waals surface area contributed by atoms with Crippen molar-refractivity contribution in [2.24, 2.45) is 0 Å². The van der Waals surface area contributed by atoms with E-state index in [2.05, 4.69) is 26.0 Å². The summed E-state index contributed by atoms with van der Waals surface area (Å²) in [5.41, 5.74) is 0. The van der Waals surface area contributed by atoms with E-state index < -0.39 is 6.10 Å². The van der Waals surface area contributed by atoms with Crippen LogP contribution in [0.3, 0.4) is 0 Å². The summed E-state index contributed by atoms with van der Waals surface area (Å²) >= 11 is 0. The van der Waals surface area contributed by atoms with E-state index in [1.54, 1.807) is 0 Å². The van der Waals surface area contributed by atoms with Gasteiger partial charge in [-0.1, -0.05) is 161 Å². The van der Waals surface area contributed by atoms with Gasteiger partial charge in [-0.05, 0) is 38.5 Å². The molecule has 0 aliphatic rings. The predicted molar refractivity (Wildman–Crippen MR) is 178 cm³/mol. The lowest BCUT2D eigenvalue weighted by Crippen LogP contribution is -2.27. The van der Waals surface area contributed by atoms with Crippen molar-refractivity contribution in [2.75, 3.05) is 19.8 Å². The van der Waals surface area contributed by atoms with Crippen molar-refractivity contribution >= 4 is 5.97 Å². The summed E-state index contributed by atoms with van der Waals surface area (Å²) in [6.45, 7) is 5.36. The zero-order valence-electron chi connectivity index (χ0n) is 27.8. The maximum absolute atomic E-state index is 12.1. The van der Waals surface area contributed by atoms with Crippen LogP contribution in [0.15, 0.2) is 12.2 Å². The average Bonchev–Trinajstić information content (AvgIpc) is 2.98. The predicted octanol–water partition coefficient (Wildman–Crippen LogP) is 11.4. The molecule has 4 heteroatoms. The Morgan fingerprint density at radius 3 is 1.39 bits per heavy atom. The lowest BCUT2D eigenvalue weighted by molar-refractivity contribution is -0.154. The first-order valence-electron chi connectivity index (χ1n) is 18.3. The molecule has 0 fully saturated rings. The van der Waals surface area contributed by atoms with E-state index in [1.807, 2.05) is 0 Å². The molecule has 41 heavy (non-hydrogen) atoms. The molecule has 1 N–H and O–H groups in total. The normalized spacial score (nSPS) is 12.4. The van der Waals surface area contributed by atoms with Gasteiger partial charge in [0.1, 0.15) is 6.10 Å². The molecule has 0 aromatic heterocycles. The first-order chi connectivity index (χ1) is 20.2. The van der Waals surface area contributed by atoms with E-state index in [1.165, 1.54) is 154 Å². The first-order valence-corrected chi connectivity index (χ1v) is 18.3. The smallest absolute Gasteiger partial charge is 0.306 e. The number of unbranched alkanes of at least 4 members (excludes halogenated alkanes) is 24. The maximum atomic E-state index is 12.1. The number of hydrogen-bond donors (Lipinski definition) is 1. The number of rotatable bonds is 34. The van der Waals surface area contributed by atoms with Crippen molar-refractivity contribution in [1.29, 1.82) is 0 Å². The molecule has 0 aromatic rings. The second-order valence-electron chi connectivity index (χ2n) is 12.3. The lowest BCUT2D eigenvalue weighted by Gasteiger charge is -2.16. The Morgan fingerprint density at radius 2 is 0.951 bits per heavy atom. The average molecular weight is 581 g/mol. The Balaban J connectivity index is 3.42. The molecular formula is C37H72O4. The van der Waals surface area contributed by atoms with Gasteiger partial charge in [-0.2, -0.15) is 0 Å². The summed E-state index contributed by atoms with van der Waals surface area (Å²) in [6.07, 6.45) is 39.6. The minimum absolute atomic E-state index is 0.168. The second-order valence-corrected chi connectivity index (χ2v) is 12.3. The van der Waals surface area contributed by atoms with E-state index in [0.29, 0.717) is 19.6 Å². The fourth-order valence-electron chi connectivity index (χ4n) is 5.32. The van der Waals surface area contributed by atoms with Crippen molar-refractivity contribution in [3.8, 4) is 0 Å². The van der Waals surface area contributed by atoms with Gasteiger partial charge in [0.05, 0.1) is 13.2 Å². The number of hydrogen-bond acceptors (Lipinski definition) is 4. The molecule has 0 heterocycles. The highest BCUT2D eigenvalue weighted by molar-refractivity contribution is 5.69. The number of aliphatic hydroxyl groups excluding tert-OH is 1. The van der Waals surface area contributed by atoms with E-state index >= 15 is 0 Å². The molecule has 0 radical (unpaired) electrons. The molecule has 4 nitrogen and oxygen atoms in total. The molecule has 0 spiro atoms. The van der Waals surface area contributed by atoms with Gasteiger partial charge in [-0.3, -0.25) is 4.79 Å². The van der Waals surface area contributed by atoms with Crippen LogP contribution < -0.4 is 0 Å². The van der Waals surface area contributed by atoms with Gasteiger partial charge in [0.15, 0.2) is 0 Å². The van der Waals surface area contributed by atoms with Gasteiger partial charge in [0, 0.05) is 13.0 Å². The monoisotopic (exact) mass is 581 g/mol. The van der Waals surface area contributed by atoms with Crippen LogP contribution in [0, 0.1) is 0 Å². The second kappa shape index (κ2) is 35.3. The summed E-state index contributed by atoms with van der Waals surface area (Å²) in [5, 5.41) is 9.54. The van der Waals surface area contributed by atoms with Crippen LogP contribution >= 0.6 is 0 Å². The summed E-state index contributed by atoms with van der Waals surface area (Å²) in [6, 6.07) is 0. The Morgan fingerprint density at radius 1 is 0.561 bits per heavy atom. The maximum Gasteiger partial charge on any atom is 0.306 e. The minimum Gasteiger partial charge on any atom is -0.457 e. The molecule has 0 aliphatic carbocycles. The third kappa shape index (κ3) is 33.5. The first kappa shape index (κ1) is 40.1. The van der Waals surface area contributed by atoms with Crippen LogP contribution in [0.4, 0.5) is 0 Å². The molecule has 0 amide bonds. The van der Waals surface area contributed by atoms with E-state index in [-0.39, 0.29) is 12.6 Å². The molecule has 0 rings (SSSR count). The van der Waals surface area contributed by atoms with Crippen LogP contribution in [0.1, 0.15) is 194 Å². The molecular weight excluding hydrogens is 508 g/mol. The molecule has 0 saturated heterocycles. The summed E-state index contributed by atoms with van der Waals surface area (Å²) in [5.74, 6) is -0.203. The van der Waals surface area contributed by atoms with Gasteiger partial charge in [0.2, 0.25) is 0 Å². The van der Waals surface area contributed by atoms with Gasteiger partial charge < -0.3 is 14.6 Å². The molecule has 0 bridgehead atoms. The zero-order valence-corrected chi connectivity index (χ0v) is 27.8. The quantitative estimate of drug-likeness (QED) is 0.0467. The molecule has 0 aliphatic heterocycles. The number of esters is 1. The van der Waals surface area contributed by atoms with Crippen molar-refractivity contribution in [2.45, 2.75) is 200 Å². The molecule has 244 valence electrons. The zero-order chi connectivity index (χ0) is 29.9. The van der Waals surface area contributed by atoms with Crippen LogP contribution in [-0.4, -0.2) is 37.0 Å². The molecule has 1 atom stereocenters. The van der Waals surface area contributed by atoms with Gasteiger partial charge in [-0.25, -0.2) is 0 Å². The Hall–Kier alpha value is -0.870. The van der Waals surface area contributed by atoms with Crippen LogP contribution in [0.25, 0.3) is 0 Å². The van der Waals surface area contributed by atoms with Gasteiger partial charge in [0.25, 0.3) is 0 Å². The van der Waals surface area contributed by atoms with Crippen molar-refractivity contribution < 1.29 is 19.4 Å². The molecule has 0 saturated carbocycles. The Bertz CT molecular complexity index is 533. The van der Waals surface area contributed by atoms with Crippen molar-refractivity contribution in [1.82, 2.24) is 0 Å². The highest BCUT2D eigenvalue weighted by Crippen LogP contribution is 2.13. The number of aliphatic hydroxyl groups is 1. The standard InChI is InChI=1S/C37H72O4/c1-3-5-7-9-11-13-15-17-18-19-20-21-22-24-26-28-30-32-37(39)41-36(34-38)35-40-33-31-29-27-25-23-16-14-12-10-8-6-4-2/h17-18,36,38H,3-16,19-35H2,1-2H3/b18-17-. The van der Waals surface area contributed by atoms with Crippen LogP contribution in [-0.2, 0) is 14.3 Å². The fourth-order valence-corrected chi connectivity index (χ4v) is 5.32. The highest BCUT2D eigenvalue weighted by Gasteiger charge is 2.13. The third-order valence-corrected chi connectivity index (χ3v) is 8.09. The number of allylic oxidation sites excluding steroid dienone is 2. The lowest BCUT2D eigenvalue weighted by atomic mass is 10.1. The van der Waals surface area contributed by atoms with Gasteiger partial charge >= 0.3 is 5.97 Å². The Labute approximate surface area is 256 Å². The summed E-state index contributed by atoms with van der Waals surface area (Å²) in [7, 11) is 0. The summed E-state index contributed by atoms with van der Waals surface area (Å²) in [4.78, 5) is 12.1. The van der Waals surface area contributed by atoms with E-state index in [9.17, 15) is 9.90 Å². The van der Waals surface area contributed by atoms with Crippen LogP contribution in [0.5, 0.6) is 0 Å². The number of ether oxygens (including phenoxy) is 2. The fraction of sp³-hybridized carbons (Fsp3) is 0.919. The number of carbonyl (C=O) groups is 1. The molecule has 1 unspecified atom stereocenters. The van der Waals surface area contributed by atoms with Crippen molar-refractivity contribution in [3.63, 3.8) is 0 Å². The van der Waals surface area contributed by atoms with Crippen LogP contribution in [0.2, 0.25) is 0 Å². The largest absolute Gasteiger partial charge is 0.457 e. The number of carbonyl (C=O) groups excluding carboxylic acids is 1. The SMILES string of the molecule is CCCCCCCC/C=C\CCCCCCCCCC(=O)OC(CO)COCCCCCCCCCCCCCC. The Kier molecular flexibility index (Phi) is 34.6. The van der Waals surface area contributed by atoms with E-state index in [4.69, 9.17) is 9.47 Å². The van der Waals surface area contributed by atoms with Crippen molar-refractivity contribution in [3.05, 3.63) is 12.2 Å². The van der Waals surface area contributed by atoms with Gasteiger partial charge in [-0.15, -0.1) is 0 Å². The third-order valence-electron chi connectivity index (χ3n) is 8.09. The molecule has 0 aromatic carbocycles. The highest BCUT2D eigenvalue weighted by atomic mass is 16.6. The topological polar surface area (TPSA) is 55.8 Å². The summed E-state index contributed by atoms with van der Waals surface area (Å²) < 4.78 is 11.1.